The Morgan fingerprint density at radius 2 is 1.00 bits per heavy atom. The minimum absolute atomic E-state index is 0.0996. The van der Waals surface area contributed by atoms with Crippen molar-refractivity contribution in [3.8, 4) is 17.2 Å². The van der Waals surface area contributed by atoms with Crippen molar-refractivity contribution in [1.29, 1.82) is 0 Å². The van der Waals surface area contributed by atoms with Crippen LogP contribution in [0.4, 0.5) is 5.69 Å². The predicted molar refractivity (Wildman–Crippen MR) is 153 cm³/mol. The molecule has 3 aromatic carbocycles. The van der Waals surface area contributed by atoms with Crippen molar-refractivity contribution in [3.63, 3.8) is 0 Å². The lowest BCUT2D eigenvalue weighted by Gasteiger charge is -2.08. The van der Waals surface area contributed by atoms with Gasteiger partial charge in [-0.1, -0.05) is 64.7 Å². The van der Waals surface area contributed by atoms with Crippen LogP contribution in [-0.2, 0) is 0 Å². The third-order valence-electron chi connectivity index (χ3n) is 6.42. The fourth-order valence-corrected chi connectivity index (χ4v) is 4.09. The number of hydrogen-bond acceptors (Lipinski definition) is 7. The van der Waals surface area contributed by atoms with Gasteiger partial charge in [0.15, 0.2) is 0 Å². The summed E-state index contributed by atoms with van der Waals surface area (Å²) < 4.78 is 16.4. The molecule has 0 aliphatic carbocycles. The summed E-state index contributed by atoms with van der Waals surface area (Å²) in [5, 5.41) is 10.7. The zero-order valence-corrected chi connectivity index (χ0v) is 23.0. The third-order valence-corrected chi connectivity index (χ3v) is 6.42. The third kappa shape index (κ3) is 10.5. The molecule has 0 spiro atoms. The summed E-state index contributed by atoms with van der Waals surface area (Å²) in [6, 6.07) is 18.0. The van der Waals surface area contributed by atoms with E-state index in [2.05, 4.69) is 6.92 Å². The van der Waals surface area contributed by atoms with Crippen LogP contribution < -0.4 is 14.2 Å². The van der Waals surface area contributed by atoms with Crippen LogP contribution in [0.25, 0.3) is 0 Å². The van der Waals surface area contributed by atoms with Crippen molar-refractivity contribution >= 4 is 17.6 Å². The number of non-ortho nitro benzene ring substituents is 1. The molecule has 0 aliphatic rings. The van der Waals surface area contributed by atoms with Gasteiger partial charge < -0.3 is 14.2 Å². The fraction of sp³-hybridized carbons (Fsp3) is 0.375. The van der Waals surface area contributed by atoms with E-state index >= 15 is 0 Å². The topological polar surface area (TPSA) is 105 Å². The molecule has 8 nitrogen and oxygen atoms in total. The van der Waals surface area contributed by atoms with E-state index in [1.165, 1.54) is 99.9 Å². The highest BCUT2D eigenvalue weighted by Crippen LogP contribution is 2.21. The highest BCUT2D eigenvalue weighted by Gasteiger charge is 2.13. The summed E-state index contributed by atoms with van der Waals surface area (Å²) in [7, 11) is 0. The molecular weight excluding hydrogens is 510 g/mol. The molecule has 0 atom stereocenters. The first kappa shape index (κ1) is 30.3. The van der Waals surface area contributed by atoms with E-state index in [0.29, 0.717) is 17.9 Å². The van der Waals surface area contributed by atoms with Gasteiger partial charge in [-0.25, -0.2) is 9.59 Å². The molecule has 3 rings (SSSR count). The van der Waals surface area contributed by atoms with E-state index in [-0.39, 0.29) is 22.7 Å². The number of ether oxygens (including phenoxy) is 3. The Bertz CT molecular complexity index is 1210. The molecule has 0 saturated carbocycles. The number of benzene rings is 3. The summed E-state index contributed by atoms with van der Waals surface area (Å²) >= 11 is 0. The number of rotatable bonds is 17. The standard InChI is InChI=1S/C32H37NO7/c1-2-3-4-5-6-7-8-9-10-11-24-38-28-18-12-25(13-19-28)31(34)39-29-20-14-26(15-21-29)32(35)40-30-22-16-27(17-23-30)33(36)37/h12-23H,2-11,24H2,1H3. The molecule has 0 fully saturated rings. The number of nitro groups is 1. The second kappa shape index (κ2) is 16.7. The quantitative estimate of drug-likeness (QED) is 0.0550. The highest BCUT2D eigenvalue weighted by molar-refractivity contribution is 5.92. The zero-order chi connectivity index (χ0) is 28.6. The second-order valence-electron chi connectivity index (χ2n) is 9.61. The van der Waals surface area contributed by atoms with Crippen LogP contribution in [-0.4, -0.2) is 23.5 Å². The maximum atomic E-state index is 12.5. The summed E-state index contributed by atoms with van der Waals surface area (Å²) in [6.45, 7) is 2.89. The van der Waals surface area contributed by atoms with E-state index in [0.717, 1.165) is 12.8 Å². The van der Waals surface area contributed by atoms with Crippen molar-refractivity contribution in [3.05, 3.63) is 94.0 Å². The van der Waals surface area contributed by atoms with E-state index in [4.69, 9.17) is 14.2 Å². The molecule has 0 amide bonds. The normalized spacial score (nSPS) is 10.6. The van der Waals surface area contributed by atoms with Gasteiger partial charge in [-0.2, -0.15) is 0 Å². The molecule has 0 saturated heterocycles. The van der Waals surface area contributed by atoms with Crippen LogP contribution in [0.2, 0.25) is 0 Å². The summed E-state index contributed by atoms with van der Waals surface area (Å²) in [6.07, 6.45) is 12.7. The van der Waals surface area contributed by atoms with Gasteiger partial charge in [0.25, 0.3) is 5.69 Å². The molecule has 0 radical (unpaired) electrons. The molecule has 40 heavy (non-hydrogen) atoms. The fourth-order valence-electron chi connectivity index (χ4n) is 4.09. The van der Waals surface area contributed by atoms with Crippen molar-refractivity contribution in [1.82, 2.24) is 0 Å². The van der Waals surface area contributed by atoms with Crippen LogP contribution in [0, 0.1) is 10.1 Å². The lowest BCUT2D eigenvalue weighted by molar-refractivity contribution is -0.384. The smallest absolute Gasteiger partial charge is 0.343 e. The number of nitrogens with zero attached hydrogens (tertiary/aromatic N) is 1. The van der Waals surface area contributed by atoms with Crippen molar-refractivity contribution < 1.29 is 28.7 Å². The number of carbonyl (C=O) groups is 2. The van der Waals surface area contributed by atoms with E-state index in [9.17, 15) is 19.7 Å². The van der Waals surface area contributed by atoms with Gasteiger partial charge in [0.1, 0.15) is 17.2 Å². The number of esters is 2. The predicted octanol–water partition coefficient (Wildman–Crippen LogP) is 8.33. The van der Waals surface area contributed by atoms with Gasteiger partial charge in [-0.15, -0.1) is 0 Å². The Morgan fingerprint density at radius 1 is 0.600 bits per heavy atom. The van der Waals surface area contributed by atoms with Crippen LogP contribution in [0.5, 0.6) is 17.2 Å². The summed E-state index contributed by atoms with van der Waals surface area (Å²) in [5.74, 6) is 0.00568. The van der Waals surface area contributed by atoms with Crippen LogP contribution >= 0.6 is 0 Å². The van der Waals surface area contributed by atoms with Crippen molar-refractivity contribution in [2.24, 2.45) is 0 Å². The van der Waals surface area contributed by atoms with E-state index < -0.39 is 16.9 Å². The first-order valence-corrected chi connectivity index (χ1v) is 14.0. The van der Waals surface area contributed by atoms with Gasteiger partial charge in [0.2, 0.25) is 0 Å². The van der Waals surface area contributed by atoms with Crippen LogP contribution in [0.3, 0.4) is 0 Å². The number of unbranched alkanes of at least 4 members (excludes halogenated alkanes) is 9. The van der Waals surface area contributed by atoms with Gasteiger partial charge in [0, 0.05) is 12.1 Å². The number of hydrogen-bond donors (Lipinski definition) is 0. The second-order valence-corrected chi connectivity index (χ2v) is 9.61. The lowest BCUT2D eigenvalue weighted by Crippen LogP contribution is -2.10. The van der Waals surface area contributed by atoms with Crippen molar-refractivity contribution in [2.45, 2.75) is 71.1 Å². The van der Waals surface area contributed by atoms with Crippen LogP contribution in [0.1, 0.15) is 91.8 Å². The first-order chi connectivity index (χ1) is 19.5. The maximum Gasteiger partial charge on any atom is 0.343 e. The summed E-state index contributed by atoms with van der Waals surface area (Å²) in [5.41, 5.74) is 0.521. The van der Waals surface area contributed by atoms with Gasteiger partial charge >= 0.3 is 11.9 Å². The molecular formula is C32H37NO7. The number of carbonyl (C=O) groups excluding carboxylic acids is 2. The molecule has 212 valence electrons. The Morgan fingerprint density at radius 3 is 1.45 bits per heavy atom. The Balaban J connectivity index is 1.35. The SMILES string of the molecule is CCCCCCCCCCCCOc1ccc(C(=O)Oc2ccc(C(=O)Oc3ccc([N+](=O)[O-])cc3)cc2)cc1. The maximum absolute atomic E-state index is 12.5. The average Bonchev–Trinajstić information content (AvgIpc) is 2.97. The Hall–Kier alpha value is -4.20. The molecule has 0 bridgehead atoms. The molecule has 0 N–H and O–H groups in total. The molecule has 0 aromatic heterocycles. The summed E-state index contributed by atoms with van der Waals surface area (Å²) in [4.78, 5) is 35.1. The molecule has 0 heterocycles. The minimum Gasteiger partial charge on any atom is -0.494 e. The van der Waals surface area contributed by atoms with Gasteiger partial charge in [0.05, 0.1) is 22.7 Å². The van der Waals surface area contributed by atoms with Crippen molar-refractivity contribution in [2.75, 3.05) is 6.61 Å². The monoisotopic (exact) mass is 547 g/mol. The number of nitro benzene ring substituents is 1. The lowest BCUT2D eigenvalue weighted by atomic mass is 10.1. The zero-order valence-electron chi connectivity index (χ0n) is 23.0. The molecule has 3 aromatic rings. The van der Waals surface area contributed by atoms with Gasteiger partial charge in [-0.05, 0) is 67.1 Å². The average molecular weight is 548 g/mol. The molecule has 0 unspecified atom stereocenters. The van der Waals surface area contributed by atoms with E-state index in [1.807, 2.05) is 0 Å². The van der Waals surface area contributed by atoms with Crippen LogP contribution in [0.15, 0.2) is 72.8 Å². The Kier molecular flexibility index (Phi) is 12.7. The Labute approximate surface area is 235 Å². The molecule has 8 heteroatoms. The first-order valence-electron chi connectivity index (χ1n) is 14.0. The van der Waals surface area contributed by atoms with Gasteiger partial charge in [-0.3, -0.25) is 10.1 Å². The largest absolute Gasteiger partial charge is 0.494 e. The highest BCUT2D eigenvalue weighted by atomic mass is 16.6. The molecule has 0 aliphatic heterocycles. The van der Waals surface area contributed by atoms with E-state index in [1.54, 1.807) is 24.3 Å². The minimum atomic E-state index is -0.639.